The number of furan rings is 1. The molecule has 4 aromatic heterocycles. The van der Waals surface area contributed by atoms with Crippen LogP contribution in [-0.4, -0.2) is 31.7 Å². The van der Waals surface area contributed by atoms with Gasteiger partial charge in [0.25, 0.3) is 0 Å². The molecule has 2 aromatic carbocycles. The number of methoxy groups -OCH3 is 1. The van der Waals surface area contributed by atoms with Gasteiger partial charge in [0.1, 0.15) is 35.7 Å². The molecule has 8 nitrogen and oxygen atoms in total. The number of hydrogen-bond donors (Lipinski definition) is 0. The van der Waals surface area contributed by atoms with Crippen LogP contribution in [0.25, 0.3) is 38.5 Å². The lowest BCUT2D eigenvalue weighted by molar-refractivity contribution is 0.307. The molecule has 0 aliphatic carbocycles. The molecule has 0 aliphatic rings. The largest absolute Gasteiger partial charge is 0.496 e. The lowest BCUT2D eigenvalue weighted by Gasteiger charge is -2.10. The fraction of sp³-hybridized carbons (Fsp3) is 0.154. The topological polar surface area (TPSA) is 87.6 Å². The number of ether oxygens (including phenoxy) is 2. The lowest BCUT2D eigenvalue weighted by Crippen LogP contribution is -1.97. The second-order valence-corrected chi connectivity index (χ2v) is 9.16. The van der Waals surface area contributed by atoms with Crippen LogP contribution in [0, 0.1) is 0 Å². The molecule has 0 radical (unpaired) electrons. The molecule has 0 N–H and O–H groups in total. The molecular formula is C26H20FN5O3S. The van der Waals surface area contributed by atoms with E-state index in [4.69, 9.17) is 13.9 Å². The molecule has 0 bridgehead atoms. The summed E-state index contributed by atoms with van der Waals surface area (Å²) in [6.45, 7) is 1.80. The van der Waals surface area contributed by atoms with Crippen molar-refractivity contribution in [2.75, 3.05) is 7.11 Å². The predicted molar refractivity (Wildman–Crippen MR) is 134 cm³/mol. The highest BCUT2D eigenvalue weighted by molar-refractivity contribution is 7.16. The number of alkyl halides is 1. The summed E-state index contributed by atoms with van der Waals surface area (Å²) in [5.41, 5.74) is 4.15. The maximum atomic E-state index is 13.6. The average molecular weight is 502 g/mol. The fourth-order valence-corrected chi connectivity index (χ4v) is 4.70. The van der Waals surface area contributed by atoms with Gasteiger partial charge in [-0.05, 0) is 30.2 Å². The smallest absolute Gasteiger partial charge is 0.212 e. The molecule has 6 aromatic rings. The fourth-order valence-electron chi connectivity index (χ4n) is 3.89. The second kappa shape index (κ2) is 9.04. The van der Waals surface area contributed by atoms with E-state index in [1.54, 1.807) is 36.3 Å². The molecule has 36 heavy (non-hydrogen) atoms. The number of halogens is 1. The molecule has 0 spiro atoms. The highest BCUT2D eigenvalue weighted by Crippen LogP contribution is 2.37. The van der Waals surface area contributed by atoms with Gasteiger partial charge in [-0.15, -0.1) is 0 Å². The van der Waals surface area contributed by atoms with E-state index in [0.29, 0.717) is 45.1 Å². The normalized spacial score (nSPS) is 12.3. The Morgan fingerprint density at radius 1 is 1.11 bits per heavy atom. The minimum Gasteiger partial charge on any atom is -0.496 e. The van der Waals surface area contributed by atoms with Crippen molar-refractivity contribution in [2.45, 2.75) is 19.7 Å². The summed E-state index contributed by atoms with van der Waals surface area (Å²) < 4.78 is 32.9. The monoisotopic (exact) mass is 501 g/mol. The Hall–Kier alpha value is -4.31. The maximum Gasteiger partial charge on any atom is 0.212 e. The average Bonchev–Trinajstić information content (AvgIpc) is 3.61. The van der Waals surface area contributed by atoms with Crippen molar-refractivity contribution >= 4 is 27.3 Å². The second-order valence-electron chi connectivity index (χ2n) is 8.17. The Balaban J connectivity index is 1.31. The summed E-state index contributed by atoms with van der Waals surface area (Å²) in [6.07, 6.45) is 5.65. The van der Waals surface area contributed by atoms with Crippen LogP contribution >= 0.6 is 11.3 Å². The summed E-state index contributed by atoms with van der Waals surface area (Å²) in [5, 5.41) is 5.43. The van der Waals surface area contributed by atoms with Crippen molar-refractivity contribution in [2.24, 2.45) is 0 Å². The third-order valence-corrected chi connectivity index (χ3v) is 6.75. The third-order valence-electron chi connectivity index (χ3n) is 5.68. The van der Waals surface area contributed by atoms with Gasteiger partial charge in [0, 0.05) is 30.1 Å². The summed E-state index contributed by atoms with van der Waals surface area (Å²) in [7, 11) is 1.60. The number of hydrogen-bond acceptors (Lipinski definition) is 8. The van der Waals surface area contributed by atoms with Gasteiger partial charge in [0.05, 0.1) is 18.7 Å². The van der Waals surface area contributed by atoms with Gasteiger partial charge in [0.2, 0.25) is 4.96 Å². The summed E-state index contributed by atoms with van der Waals surface area (Å²) in [4.78, 5) is 13.3. The molecule has 1 atom stereocenters. The molecule has 0 saturated heterocycles. The van der Waals surface area contributed by atoms with Gasteiger partial charge in [-0.1, -0.05) is 29.5 Å². The Bertz CT molecular complexity index is 1640. The van der Waals surface area contributed by atoms with Crippen LogP contribution in [0.3, 0.4) is 0 Å². The maximum absolute atomic E-state index is 13.6. The van der Waals surface area contributed by atoms with Crippen molar-refractivity contribution in [3.05, 3.63) is 78.0 Å². The van der Waals surface area contributed by atoms with Crippen LogP contribution in [0.15, 0.2) is 71.8 Å². The first-order chi connectivity index (χ1) is 17.6. The van der Waals surface area contributed by atoms with Gasteiger partial charge in [-0.3, -0.25) is 0 Å². The zero-order valence-corrected chi connectivity index (χ0v) is 20.2. The van der Waals surface area contributed by atoms with Crippen LogP contribution in [0.5, 0.6) is 11.5 Å². The molecule has 10 heteroatoms. The van der Waals surface area contributed by atoms with Crippen LogP contribution in [0.4, 0.5) is 4.39 Å². The SMILES string of the molecule is COc1cc(OCc2cccc(-c3cncnc3)c2)c2cc(-c3cn4nc(C(C)F)sc4n3)oc2c1. The number of rotatable bonds is 7. The van der Waals surface area contributed by atoms with Crippen LogP contribution in [0.1, 0.15) is 23.7 Å². The molecule has 4 heterocycles. The van der Waals surface area contributed by atoms with Crippen molar-refractivity contribution < 1.29 is 18.3 Å². The minimum absolute atomic E-state index is 0.346. The molecule has 0 saturated carbocycles. The first-order valence-electron chi connectivity index (χ1n) is 11.2. The van der Waals surface area contributed by atoms with Gasteiger partial charge < -0.3 is 13.9 Å². The predicted octanol–water partition coefficient (Wildman–Crippen LogP) is 6.28. The summed E-state index contributed by atoms with van der Waals surface area (Å²) in [5.74, 6) is 1.80. The Labute approximate surface area is 209 Å². The van der Waals surface area contributed by atoms with E-state index in [2.05, 4.69) is 20.1 Å². The molecule has 0 fully saturated rings. The van der Waals surface area contributed by atoms with Gasteiger partial charge >= 0.3 is 0 Å². The zero-order chi connectivity index (χ0) is 24.6. The highest BCUT2D eigenvalue weighted by Gasteiger charge is 2.18. The first-order valence-corrected chi connectivity index (χ1v) is 12.0. The van der Waals surface area contributed by atoms with E-state index in [1.165, 1.54) is 24.6 Å². The standard InChI is InChI=1S/C26H20FN5O3S/c1-15(27)25-31-32-12-21(30-26(32)36-25)24-9-20-22(7-19(33-2)8-23(20)35-24)34-13-16-4-3-5-17(6-16)18-10-28-14-29-11-18/h3-12,14-15H,13H2,1-2H3. The molecule has 0 aliphatic heterocycles. The van der Waals surface area contributed by atoms with E-state index in [0.717, 1.165) is 22.1 Å². The van der Waals surface area contributed by atoms with E-state index in [1.807, 2.05) is 36.4 Å². The molecule has 1 unspecified atom stereocenters. The van der Waals surface area contributed by atoms with Crippen molar-refractivity contribution in [3.8, 4) is 34.1 Å². The first kappa shape index (κ1) is 22.2. The van der Waals surface area contributed by atoms with Crippen molar-refractivity contribution in [3.63, 3.8) is 0 Å². The van der Waals surface area contributed by atoms with Gasteiger partial charge in [0.15, 0.2) is 16.9 Å². The van der Waals surface area contributed by atoms with E-state index < -0.39 is 6.17 Å². The number of imidazole rings is 1. The number of fused-ring (bicyclic) bond motifs is 2. The molecule has 6 rings (SSSR count). The Morgan fingerprint density at radius 3 is 2.75 bits per heavy atom. The van der Waals surface area contributed by atoms with Crippen LogP contribution < -0.4 is 9.47 Å². The minimum atomic E-state index is -1.14. The van der Waals surface area contributed by atoms with Crippen molar-refractivity contribution in [1.29, 1.82) is 0 Å². The third kappa shape index (κ3) is 4.16. The van der Waals surface area contributed by atoms with E-state index in [9.17, 15) is 4.39 Å². The van der Waals surface area contributed by atoms with Crippen LogP contribution in [-0.2, 0) is 6.61 Å². The quantitative estimate of drug-likeness (QED) is 0.254. The molecule has 0 amide bonds. The Kier molecular flexibility index (Phi) is 5.57. The number of nitrogens with zero attached hydrogens (tertiary/aromatic N) is 5. The van der Waals surface area contributed by atoms with Crippen LogP contribution in [0.2, 0.25) is 0 Å². The lowest BCUT2D eigenvalue weighted by atomic mass is 10.1. The molecule has 180 valence electrons. The summed E-state index contributed by atoms with van der Waals surface area (Å²) in [6, 6.07) is 13.6. The summed E-state index contributed by atoms with van der Waals surface area (Å²) >= 11 is 1.21. The van der Waals surface area contributed by atoms with Gasteiger partial charge in [-0.2, -0.15) is 5.10 Å². The number of aromatic nitrogens is 5. The zero-order valence-electron chi connectivity index (χ0n) is 19.4. The number of benzene rings is 2. The van der Waals surface area contributed by atoms with Crippen molar-refractivity contribution in [1.82, 2.24) is 24.6 Å². The van der Waals surface area contributed by atoms with Gasteiger partial charge in [-0.25, -0.2) is 23.9 Å². The Morgan fingerprint density at radius 2 is 1.97 bits per heavy atom. The van der Waals surface area contributed by atoms with E-state index in [-0.39, 0.29) is 0 Å². The highest BCUT2D eigenvalue weighted by atomic mass is 32.1. The van der Waals surface area contributed by atoms with E-state index >= 15 is 0 Å². The molecular weight excluding hydrogens is 481 g/mol.